The van der Waals surface area contributed by atoms with Crippen LogP contribution >= 0.6 is 34.5 Å². The molecule has 4 rings (SSSR count). The van der Waals surface area contributed by atoms with Crippen molar-refractivity contribution in [3.63, 3.8) is 0 Å². The van der Waals surface area contributed by atoms with Gasteiger partial charge in [-0.3, -0.25) is 14.9 Å². The fraction of sp³-hybridized carbons (Fsp3) is 0.0500. The van der Waals surface area contributed by atoms with Gasteiger partial charge in [0.25, 0.3) is 11.5 Å². The number of aromatic nitrogens is 3. The van der Waals surface area contributed by atoms with Crippen LogP contribution in [0.2, 0.25) is 10.0 Å². The molecule has 4 aromatic rings. The van der Waals surface area contributed by atoms with Crippen LogP contribution in [-0.4, -0.2) is 33.7 Å². The van der Waals surface area contributed by atoms with Crippen molar-refractivity contribution in [3.8, 4) is 11.3 Å². The fourth-order valence-corrected chi connectivity index (χ4v) is 3.78. The molecule has 8 nitrogen and oxygen atoms in total. The van der Waals surface area contributed by atoms with Crippen molar-refractivity contribution < 1.29 is 14.3 Å². The summed E-state index contributed by atoms with van der Waals surface area (Å²) in [4.78, 5) is 40.7. The van der Waals surface area contributed by atoms with Gasteiger partial charge in [-0.25, -0.2) is 14.9 Å². The molecule has 2 aromatic heterocycles. The second-order valence-corrected chi connectivity index (χ2v) is 7.91. The maximum absolute atomic E-state index is 12.4. The third kappa shape index (κ3) is 4.58. The van der Waals surface area contributed by atoms with Gasteiger partial charge >= 0.3 is 5.97 Å². The van der Waals surface area contributed by atoms with Crippen LogP contribution in [0, 0.1) is 0 Å². The number of carbonyl (C=O) groups excluding carboxylic acids is 2. The molecule has 0 spiro atoms. The number of hydrogen-bond acceptors (Lipinski definition) is 7. The Morgan fingerprint density at radius 1 is 1.10 bits per heavy atom. The van der Waals surface area contributed by atoms with Crippen LogP contribution in [0.25, 0.3) is 22.0 Å². The van der Waals surface area contributed by atoms with Gasteiger partial charge in [-0.15, -0.1) is 11.3 Å². The number of rotatable bonds is 5. The van der Waals surface area contributed by atoms with Gasteiger partial charge in [0.05, 0.1) is 21.1 Å². The second kappa shape index (κ2) is 8.84. The van der Waals surface area contributed by atoms with E-state index in [1.165, 1.54) is 11.3 Å². The van der Waals surface area contributed by atoms with Crippen LogP contribution in [0.1, 0.15) is 10.5 Å². The number of H-pyrrole nitrogens is 1. The highest BCUT2D eigenvalue weighted by atomic mass is 35.5. The molecule has 0 saturated carbocycles. The smallest absolute Gasteiger partial charge is 0.359 e. The number of thiazole rings is 1. The van der Waals surface area contributed by atoms with Gasteiger partial charge in [-0.1, -0.05) is 47.5 Å². The Hall–Kier alpha value is -3.27. The van der Waals surface area contributed by atoms with E-state index in [9.17, 15) is 14.4 Å². The quantitative estimate of drug-likeness (QED) is 0.420. The zero-order valence-corrected chi connectivity index (χ0v) is 17.8. The molecule has 11 heteroatoms. The number of ether oxygens (including phenoxy) is 1. The zero-order valence-electron chi connectivity index (χ0n) is 15.5. The first kappa shape index (κ1) is 21.0. The molecule has 0 aliphatic carbocycles. The molecule has 0 aliphatic rings. The lowest BCUT2D eigenvalue weighted by molar-refractivity contribution is -0.119. The first-order valence-corrected chi connectivity index (χ1v) is 10.4. The van der Waals surface area contributed by atoms with Crippen LogP contribution in [0.3, 0.4) is 0 Å². The Balaban J connectivity index is 1.41. The molecule has 1 amide bonds. The standard InChI is InChI=1S/C20H12Cl2N4O4S/c21-13-6-5-10(7-14(13)22)15-9-31-20(23-15)24-16(27)8-30-19(29)17-11-3-1-2-4-12(11)18(28)26-25-17/h1-7,9H,8H2,(H,26,28)(H,23,24,27). The molecule has 0 aliphatic heterocycles. The molecule has 2 N–H and O–H groups in total. The molecule has 0 unspecified atom stereocenters. The molecule has 31 heavy (non-hydrogen) atoms. The number of nitrogens with one attached hydrogen (secondary N) is 2. The predicted molar refractivity (Wildman–Crippen MR) is 119 cm³/mol. The van der Waals surface area contributed by atoms with Crippen molar-refractivity contribution in [2.75, 3.05) is 11.9 Å². The van der Waals surface area contributed by atoms with Crippen LogP contribution < -0.4 is 10.9 Å². The van der Waals surface area contributed by atoms with Gasteiger partial charge in [-0.2, -0.15) is 5.10 Å². The third-order valence-corrected chi connectivity index (χ3v) is 5.69. The first-order valence-electron chi connectivity index (χ1n) is 8.78. The Kier molecular flexibility index (Phi) is 5.99. The molecule has 2 aromatic carbocycles. The molecule has 0 radical (unpaired) electrons. The third-order valence-electron chi connectivity index (χ3n) is 4.19. The van der Waals surface area contributed by atoms with E-state index in [1.807, 2.05) is 0 Å². The van der Waals surface area contributed by atoms with Gasteiger partial charge in [0.1, 0.15) is 0 Å². The van der Waals surface area contributed by atoms with E-state index in [0.717, 1.165) is 5.56 Å². The highest BCUT2D eigenvalue weighted by Gasteiger charge is 2.17. The van der Waals surface area contributed by atoms with Crippen molar-refractivity contribution >= 4 is 62.3 Å². The number of carbonyl (C=O) groups is 2. The molecule has 2 heterocycles. The van der Waals surface area contributed by atoms with Gasteiger partial charge < -0.3 is 4.74 Å². The fourth-order valence-electron chi connectivity index (χ4n) is 2.74. The lowest BCUT2D eigenvalue weighted by atomic mass is 10.1. The minimum absolute atomic E-state index is 0.0841. The average Bonchev–Trinajstić information content (AvgIpc) is 3.23. The van der Waals surface area contributed by atoms with Crippen molar-refractivity contribution in [1.29, 1.82) is 0 Å². The molecular weight excluding hydrogens is 463 g/mol. The first-order chi connectivity index (χ1) is 14.9. The monoisotopic (exact) mass is 474 g/mol. The number of benzene rings is 2. The molecule has 0 saturated heterocycles. The summed E-state index contributed by atoms with van der Waals surface area (Å²) in [6.07, 6.45) is 0. The van der Waals surface area contributed by atoms with Crippen molar-refractivity contribution in [3.05, 3.63) is 73.9 Å². The minimum atomic E-state index is -0.835. The summed E-state index contributed by atoms with van der Waals surface area (Å²) in [6, 6.07) is 11.6. The number of fused-ring (bicyclic) bond motifs is 1. The van der Waals surface area contributed by atoms with Crippen molar-refractivity contribution in [1.82, 2.24) is 15.2 Å². The number of halogens is 2. The van der Waals surface area contributed by atoms with E-state index in [-0.39, 0.29) is 5.69 Å². The Morgan fingerprint density at radius 2 is 1.87 bits per heavy atom. The van der Waals surface area contributed by atoms with E-state index in [2.05, 4.69) is 20.5 Å². The van der Waals surface area contributed by atoms with Crippen molar-refractivity contribution in [2.45, 2.75) is 0 Å². The van der Waals surface area contributed by atoms with Gasteiger partial charge in [-0.05, 0) is 18.2 Å². The maximum atomic E-state index is 12.4. The van der Waals surface area contributed by atoms with Crippen LogP contribution in [-0.2, 0) is 9.53 Å². The highest BCUT2D eigenvalue weighted by molar-refractivity contribution is 7.14. The summed E-state index contributed by atoms with van der Waals surface area (Å²) in [7, 11) is 0. The number of nitrogens with zero attached hydrogens (tertiary/aromatic N) is 2. The second-order valence-electron chi connectivity index (χ2n) is 6.24. The summed E-state index contributed by atoms with van der Waals surface area (Å²) >= 11 is 13.1. The molecule has 0 atom stereocenters. The molecule has 0 fully saturated rings. The number of aromatic amines is 1. The van der Waals surface area contributed by atoms with Crippen LogP contribution in [0.4, 0.5) is 5.13 Å². The average molecular weight is 475 g/mol. The number of amides is 1. The molecule has 156 valence electrons. The largest absolute Gasteiger partial charge is 0.451 e. The summed E-state index contributed by atoms with van der Waals surface area (Å²) in [5.74, 6) is -1.41. The van der Waals surface area contributed by atoms with Gasteiger partial charge in [0.15, 0.2) is 17.4 Å². The van der Waals surface area contributed by atoms with Gasteiger partial charge in [0.2, 0.25) is 0 Å². The maximum Gasteiger partial charge on any atom is 0.359 e. The van der Waals surface area contributed by atoms with E-state index in [1.54, 1.807) is 47.8 Å². The van der Waals surface area contributed by atoms with Crippen molar-refractivity contribution in [2.24, 2.45) is 0 Å². The Bertz CT molecular complexity index is 1370. The lowest BCUT2D eigenvalue weighted by Crippen LogP contribution is -2.22. The van der Waals surface area contributed by atoms with E-state index in [0.29, 0.717) is 31.6 Å². The Labute approximate surface area is 188 Å². The predicted octanol–water partition coefficient (Wildman–Crippen LogP) is 4.15. The Morgan fingerprint density at radius 3 is 2.65 bits per heavy atom. The summed E-state index contributed by atoms with van der Waals surface area (Å²) in [6.45, 7) is -0.546. The number of anilines is 1. The van der Waals surface area contributed by atoms with Crippen LogP contribution in [0.5, 0.6) is 0 Å². The molecule has 0 bridgehead atoms. The minimum Gasteiger partial charge on any atom is -0.451 e. The highest BCUT2D eigenvalue weighted by Crippen LogP contribution is 2.30. The van der Waals surface area contributed by atoms with E-state index >= 15 is 0 Å². The SMILES string of the molecule is O=C(COC(=O)c1n[nH]c(=O)c2ccccc12)Nc1nc(-c2ccc(Cl)c(Cl)c2)cs1. The van der Waals surface area contributed by atoms with Gasteiger partial charge in [0, 0.05) is 16.3 Å². The van der Waals surface area contributed by atoms with E-state index < -0.39 is 24.0 Å². The number of esters is 1. The van der Waals surface area contributed by atoms with Crippen LogP contribution in [0.15, 0.2) is 52.6 Å². The summed E-state index contributed by atoms with van der Waals surface area (Å²) < 4.78 is 5.04. The summed E-state index contributed by atoms with van der Waals surface area (Å²) in [5.41, 5.74) is 0.846. The summed E-state index contributed by atoms with van der Waals surface area (Å²) in [5, 5.41) is 12.1. The topological polar surface area (TPSA) is 114 Å². The number of hydrogen-bond donors (Lipinski definition) is 2. The normalized spacial score (nSPS) is 10.8. The van der Waals surface area contributed by atoms with E-state index in [4.69, 9.17) is 27.9 Å². The zero-order chi connectivity index (χ0) is 22.0. The lowest BCUT2D eigenvalue weighted by Gasteiger charge is -2.06. The molecular formula is C20H12Cl2N4O4S.